The molecule has 0 amide bonds. The molecule has 7 heteroatoms. The van der Waals surface area contributed by atoms with Gasteiger partial charge in [0.1, 0.15) is 0 Å². The molecule has 0 aromatic carbocycles. The van der Waals surface area contributed by atoms with Gasteiger partial charge >= 0.3 is 21.7 Å². The van der Waals surface area contributed by atoms with Gasteiger partial charge in [0.05, 0.1) is 0 Å². The summed E-state index contributed by atoms with van der Waals surface area (Å²) in [7, 11) is -5.39. The molecule has 0 aliphatic carbocycles. The number of rotatable bonds is 0. The van der Waals surface area contributed by atoms with Crippen molar-refractivity contribution in [3.8, 4) is 0 Å². The quantitative estimate of drug-likeness (QED) is 0.276. The van der Waals surface area contributed by atoms with Crippen LogP contribution in [0.25, 0.3) is 0 Å². The normalized spacial score (nSPS) is 8.43. The van der Waals surface area contributed by atoms with E-state index >= 15 is 0 Å². The summed E-state index contributed by atoms with van der Waals surface area (Å²) in [5.41, 5.74) is 0. The van der Waals surface area contributed by atoms with E-state index in [1.165, 1.54) is 0 Å². The number of hydrogen-bond donors (Lipinski definition) is 0. The average Bonchev–Trinajstić information content (AvgIpc) is 0.722. The van der Waals surface area contributed by atoms with Gasteiger partial charge in [-0.2, -0.15) is 7.82 Å². The van der Waals surface area contributed by atoms with E-state index in [0.717, 1.165) is 0 Å². The second-order valence-electron chi connectivity index (χ2n) is 0.447. The first kappa shape index (κ1) is 15.7. The van der Waals surface area contributed by atoms with Crippen LogP contribution in [-0.4, -0.2) is 5.48 Å². The summed E-state index contributed by atoms with van der Waals surface area (Å²) >= 11 is 0. The van der Waals surface area contributed by atoms with Gasteiger partial charge in [0.2, 0.25) is 0 Å². The fourth-order valence-corrected chi connectivity index (χ4v) is 0. The molecule has 0 aromatic heterocycles. The molecule has 7 heavy (non-hydrogen) atoms. The van der Waals surface area contributed by atoms with Gasteiger partial charge in [-0.3, -0.25) is 0 Å². The van der Waals surface area contributed by atoms with Gasteiger partial charge in [0.15, 0.2) is 0 Å². The van der Waals surface area contributed by atoms with Gasteiger partial charge < -0.3 is 24.7 Å². The van der Waals surface area contributed by atoms with Gasteiger partial charge in [0.25, 0.3) is 0 Å². The summed E-state index contributed by atoms with van der Waals surface area (Å²) in [4.78, 5) is 25.6. The Bertz CT molecular complexity index is 54.2. The van der Waals surface area contributed by atoms with Crippen LogP contribution in [0.5, 0.6) is 0 Å². The molecule has 0 spiro atoms. The molecule has 1 N–H and O–H groups in total. The minimum atomic E-state index is -5.39. The third kappa shape index (κ3) is 252. The predicted molar refractivity (Wildman–Crippen MR) is 9.54 cm³/mol. The summed E-state index contributed by atoms with van der Waals surface area (Å²) in [6.07, 6.45) is 0. The van der Waals surface area contributed by atoms with Crippen molar-refractivity contribution < 1.29 is 46.4 Å². The number of phosphoric acid groups is 1. The van der Waals surface area contributed by atoms with Crippen molar-refractivity contribution in [1.82, 2.24) is 0 Å². The van der Waals surface area contributed by atoms with Crippen molar-refractivity contribution in [2.75, 3.05) is 0 Å². The van der Waals surface area contributed by atoms with Crippen LogP contribution < -0.4 is 14.7 Å². The van der Waals surface area contributed by atoms with Gasteiger partial charge in [0, 0.05) is 0 Å². The largest absolute Gasteiger partial charge is 4.00 e. The van der Waals surface area contributed by atoms with Crippen LogP contribution in [0.3, 0.4) is 0 Å². The molecular formula is HO5PTi. The van der Waals surface area contributed by atoms with Gasteiger partial charge in [-0.1, -0.05) is 0 Å². The maximum atomic E-state index is 8.55. The van der Waals surface area contributed by atoms with Crippen molar-refractivity contribution in [3.05, 3.63) is 0 Å². The zero-order valence-electron chi connectivity index (χ0n) is 3.03. The Hall–Kier alpha value is 0.784. The molecule has 0 rings (SSSR count). The third-order valence-corrected chi connectivity index (χ3v) is 0. The molecule has 0 saturated carbocycles. The summed E-state index contributed by atoms with van der Waals surface area (Å²) in [5, 5.41) is 0. The third-order valence-electron chi connectivity index (χ3n) is 0. The maximum Gasteiger partial charge on any atom is 4.00 e. The van der Waals surface area contributed by atoms with E-state index < -0.39 is 7.82 Å². The van der Waals surface area contributed by atoms with Crippen LogP contribution >= 0.6 is 7.82 Å². The van der Waals surface area contributed by atoms with Gasteiger partial charge in [-0.25, -0.2) is 0 Å². The molecule has 40 valence electrons. The molecule has 0 unspecified atom stereocenters. The Morgan fingerprint density at radius 2 is 1.14 bits per heavy atom. The van der Waals surface area contributed by atoms with Crippen molar-refractivity contribution in [2.24, 2.45) is 0 Å². The van der Waals surface area contributed by atoms with Crippen molar-refractivity contribution in [2.45, 2.75) is 0 Å². The predicted octanol–water partition coefficient (Wildman–Crippen LogP) is -3.00. The van der Waals surface area contributed by atoms with Crippen LogP contribution in [0, 0.1) is 0 Å². The zero-order chi connectivity index (χ0) is 4.50. The minimum absolute atomic E-state index is 0. The second kappa shape index (κ2) is 4.93. The first-order valence-electron chi connectivity index (χ1n) is 0.730. The average molecular weight is 160 g/mol. The van der Waals surface area contributed by atoms with E-state index in [-0.39, 0.29) is 27.2 Å². The van der Waals surface area contributed by atoms with Crippen molar-refractivity contribution in [3.63, 3.8) is 0 Å². The molecule has 0 aliphatic rings. The Balaban J connectivity index is -0.0000000800. The summed E-state index contributed by atoms with van der Waals surface area (Å²) < 4.78 is 8.55. The van der Waals surface area contributed by atoms with E-state index in [9.17, 15) is 0 Å². The fraction of sp³-hybridized carbons (Fsp3) is 0. The summed E-state index contributed by atoms with van der Waals surface area (Å²) in [6, 6.07) is 0. The maximum absolute atomic E-state index is 8.55. The van der Waals surface area contributed by atoms with Crippen LogP contribution in [0.4, 0.5) is 0 Å². The molecule has 0 aliphatic heterocycles. The minimum Gasteiger partial charge on any atom is -0.870 e. The topological polar surface area (TPSA) is 116 Å². The molecule has 0 saturated heterocycles. The Morgan fingerprint density at radius 1 is 1.14 bits per heavy atom. The van der Waals surface area contributed by atoms with Gasteiger partial charge in [-0.15, -0.1) is 0 Å². The van der Waals surface area contributed by atoms with Crippen LogP contribution in [0.15, 0.2) is 0 Å². The van der Waals surface area contributed by atoms with E-state index in [0.29, 0.717) is 0 Å². The molecular weight excluding hydrogens is 159 g/mol. The molecule has 0 bridgehead atoms. The Labute approximate surface area is 54.8 Å². The van der Waals surface area contributed by atoms with Crippen molar-refractivity contribution in [1.29, 1.82) is 0 Å². The Morgan fingerprint density at radius 3 is 1.14 bits per heavy atom. The summed E-state index contributed by atoms with van der Waals surface area (Å²) in [5.74, 6) is 0. The second-order valence-corrected chi connectivity index (χ2v) is 1.34. The monoisotopic (exact) mass is 160 g/mol. The van der Waals surface area contributed by atoms with Crippen LogP contribution in [-0.2, 0) is 26.3 Å². The number of hydrogen-bond acceptors (Lipinski definition) is 5. The summed E-state index contributed by atoms with van der Waals surface area (Å²) in [6.45, 7) is 0. The molecule has 0 aromatic rings. The molecule has 0 atom stereocenters. The smallest absolute Gasteiger partial charge is 0.870 e. The van der Waals surface area contributed by atoms with Crippen molar-refractivity contribution >= 4 is 7.82 Å². The van der Waals surface area contributed by atoms with E-state index in [4.69, 9.17) is 19.2 Å². The molecule has 5 nitrogen and oxygen atoms in total. The SMILES string of the molecule is O=P([O-])([O-])[O-].[OH-].[Ti+4]. The standard InChI is InChI=1S/H3O4P.H2O.Ti/c1-5(2,3)4;;/h(H3,1,2,3,4);1H2;/q;;+4/p-4. The first-order chi connectivity index (χ1) is 2.00. The van der Waals surface area contributed by atoms with Crippen LogP contribution in [0.2, 0.25) is 0 Å². The zero-order valence-corrected chi connectivity index (χ0v) is 5.48. The van der Waals surface area contributed by atoms with Gasteiger partial charge in [-0.05, 0) is 0 Å². The van der Waals surface area contributed by atoms with E-state index in [1.807, 2.05) is 0 Å². The van der Waals surface area contributed by atoms with Crippen LogP contribution in [0.1, 0.15) is 0 Å². The molecule has 0 radical (unpaired) electrons. The van der Waals surface area contributed by atoms with E-state index in [1.54, 1.807) is 0 Å². The molecule has 0 heterocycles. The first-order valence-corrected chi connectivity index (χ1v) is 2.19. The molecule has 0 fully saturated rings. The fourth-order valence-electron chi connectivity index (χ4n) is 0. The Kier molecular flexibility index (Phi) is 11.0. The van der Waals surface area contributed by atoms with E-state index in [2.05, 4.69) is 0 Å².